The summed E-state index contributed by atoms with van der Waals surface area (Å²) < 4.78 is 11.1. The Morgan fingerprint density at radius 3 is 2.71 bits per heavy atom. The first kappa shape index (κ1) is 20.7. The summed E-state index contributed by atoms with van der Waals surface area (Å²) in [4.78, 5) is 19.3. The van der Waals surface area contributed by atoms with E-state index < -0.39 is 6.04 Å². The Labute approximate surface area is 181 Å². The van der Waals surface area contributed by atoms with Crippen LogP contribution in [0.25, 0.3) is 17.0 Å². The summed E-state index contributed by atoms with van der Waals surface area (Å²) >= 11 is 0. The zero-order chi connectivity index (χ0) is 22.0. The molecule has 0 aliphatic carbocycles. The number of amides is 2. The predicted molar refractivity (Wildman–Crippen MR) is 118 cm³/mol. The van der Waals surface area contributed by atoms with Crippen LogP contribution >= 0.6 is 0 Å². The maximum Gasteiger partial charge on any atom is 0.322 e. The number of allylic oxidation sites excluding steroid dienone is 1. The number of rotatable bonds is 6. The van der Waals surface area contributed by atoms with Crippen LogP contribution < -0.4 is 10.1 Å². The lowest BCUT2D eigenvalue weighted by Gasteiger charge is -2.35. The molecule has 0 bridgehead atoms. The summed E-state index contributed by atoms with van der Waals surface area (Å²) in [7, 11) is 1.62. The number of carbonyl (C=O) groups excluding carboxylic acids is 1. The summed E-state index contributed by atoms with van der Waals surface area (Å²) in [6, 6.07) is 15.0. The van der Waals surface area contributed by atoms with E-state index in [-0.39, 0.29) is 6.03 Å². The molecular formula is C24H26N4O3. The quantitative estimate of drug-likeness (QED) is 0.612. The van der Waals surface area contributed by atoms with Crippen LogP contribution in [0, 0.1) is 6.92 Å². The number of hydrogen-bond acceptors (Lipinski definition) is 5. The normalized spacial score (nSPS) is 16.5. The van der Waals surface area contributed by atoms with Crippen LogP contribution in [0.2, 0.25) is 0 Å². The van der Waals surface area contributed by atoms with Gasteiger partial charge in [-0.3, -0.25) is 4.90 Å². The van der Waals surface area contributed by atoms with Crippen LogP contribution in [-0.4, -0.2) is 34.7 Å². The van der Waals surface area contributed by atoms with Crippen molar-refractivity contribution in [2.24, 2.45) is 0 Å². The fraction of sp³-hybridized carbons (Fsp3) is 0.292. The minimum atomic E-state index is -0.429. The minimum Gasteiger partial charge on any atom is -0.497 e. The van der Waals surface area contributed by atoms with Crippen molar-refractivity contribution >= 4 is 11.6 Å². The highest BCUT2D eigenvalue weighted by atomic mass is 16.5. The van der Waals surface area contributed by atoms with E-state index in [0.29, 0.717) is 24.0 Å². The van der Waals surface area contributed by atoms with E-state index in [0.717, 1.165) is 34.4 Å². The molecule has 1 N–H and O–H groups in total. The average molecular weight is 418 g/mol. The molecule has 0 radical (unpaired) electrons. The van der Waals surface area contributed by atoms with E-state index >= 15 is 0 Å². The van der Waals surface area contributed by atoms with Crippen molar-refractivity contribution < 1.29 is 14.1 Å². The lowest BCUT2D eigenvalue weighted by atomic mass is 9.94. The third kappa shape index (κ3) is 4.03. The monoisotopic (exact) mass is 418 g/mol. The van der Waals surface area contributed by atoms with Crippen molar-refractivity contribution in [1.29, 1.82) is 0 Å². The number of methoxy groups -OCH3 is 1. The van der Waals surface area contributed by atoms with E-state index in [1.54, 1.807) is 12.0 Å². The maximum absolute atomic E-state index is 12.9. The first-order valence-corrected chi connectivity index (χ1v) is 10.4. The van der Waals surface area contributed by atoms with Gasteiger partial charge in [-0.1, -0.05) is 48.0 Å². The van der Waals surface area contributed by atoms with Gasteiger partial charge in [-0.05, 0) is 44.0 Å². The highest BCUT2D eigenvalue weighted by molar-refractivity contribution is 5.87. The molecule has 160 valence electrons. The number of nitrogens with zero attached hydrogens (tertiary/aromatic N) is 3. The Morgan fingerprint density at radius 1 is 1.16 bits per heavy atom. The number of nitrogens with one attached hydrogen (secondary N) is 1. The Morgan fingerprint density at radius 2 is 1.97 bits per heavy atom. The van der Waals surface area contributed by atoms with Crippen LogP contribution in [0.5, 0.6) is 5.75 Å². The molecule has 1 unspecified atom stereocenters. The molecule has 7 heteroatoms. The summed E-state index contributed by atoms with van der Waals surface area (Å²) in [5, 5.41) is 7.31. The Bertz CT molecular complexity index is 1140. The molecule has 31 heavy (non-hydrogen) atoms. The first-order chi connectivity index (χ1) is 15.0. The van der Waals surface area contributed by atoms with Gasteiger partial charge < -0.3 is 14.6 Å². The predicted octanol–water partition coefficient (Wildman–Crippen LogP) is 4.96. The van der Waals surface area contributed by atoms with Crippen LogP contribution in [0.1, 0.15) is 43.3 Å². The standard InChI is InChI=1S/C24H26N4O3/c1-5-12-28-16(3)20(21(25-24(28)29)17-9-7-11-19(14-17)30-4)23-26-22(27-31-23)18-10-6-8-15(2)13-18/h6-11,13-14,21H,5,12H2,1-4H3,(H,25,29). The van der Waals surface area contributed by atoms with Gasteiger partial charge in [-0.2, -0.15) is 4.98 Å². The molecule has 7 nitrogen and oxygen atoms in total. The van der Waals surface area contributed by atoms with E-state index in [1.807, 2.05) is 69.3 Å². The van der Waals surface area contributed by atoms with E-state index in [4.69, 9.17) is 9.26 Å². The second-order valence-electron chi connectivity index (χ2n) is 7.60. The SMILES string of the molecule is CCCN1C(=O)NC(c2cccc(OC)c2)C(c2nc(-c3cccc(C)c3)no2)=C1C. The molecule has 2 heterocycles. The third-order valence-corrected chi connectivity index (χ3v) is 5.40. The molecule has 1 aliphatic heterocycles. The first-order valence-electron chi connectivity index (χ1n) is 10.4. The van der Waals surface area contributed by atoms with Gasteiger partial charge in [0.25, 0.3) is 5.89 Å². The van der Waals surface area contributed by atoms with E-state index in [2.05, 4.69) is 15.5 Å². The molecule has 3 aromatic rings. The molecule has 1 atom stereocenters. The van der Waals surface area contributed by atoms with E-state index in [1.165, 1.54) is 0 Å². The molecule has 2 aromatic carbocycles. The number of aryl methyl sites for hydroxylation is 1. The summed E-state index contributed by atoms with van der Waals surface area (Å²) in [5.41, 5.74) is 4.48. The number of urea groups is 1. The fourth-order valence-corrected chi connectivity index (χ4v) is 3.86. The zero-order valence-corrected chi connectivity index (χ0v) is 18.2. The zero-order valence-electron chi connectivity index (χ0n) is 18.2. The smallest absolute Gasteiger partial charge is 0.322 e. The second kappa shape index (κ2) is 8.63. The Balaban J connectivity index is 1.82. The summed E-state index contributed by atoms with van der Waals surface area (Å²) in [5.74, 6) is 1.62. The van der Waals surface area contributed by atoms with Gasteiger partial charge in [0.05, 0.1) is 18.7 Å². The second-order valence-corrected chi connectivity index (χ2v) is 7.60. The van der Waals surface area contributed by atoms with Crippen molar-refractivity contribution in [2.45, 2.75) is 33.2 Å². The number of hydrogen-bond donors (Lipinski definition) is 1. The van der Waals surface area contributed by atoms with Gasteiger partial charge in [0.1, 0.15) is 5.75 Å². The van der Waals surface area contributed by atoms with Crippen molar-refractivity contribution in [3.63, 3.8) is 0 Å². The third-order valence-electron chi connectivity index (χ3n) is 5.40. The van der Waals surface area contributed by atoms with Gasteiger partial charge in [0.2, 0.25) is 5.82 Å². The van der Waals surface area contributed by atoms with Crippen LogP contribution in [0.4, 0.5) is 4.79 Å². The van der Waals surface area contributed by atoms with Crippen molar-refractivity contribution in [2.75, 3.05) is 13.7 Å². The van der Waals surface area contributed by atoms with Crippen LogP contribution in [0.15, 0.2) is 58.8 Å². The van der Waals surface area contributed by atoms with Crippen molar-refractivity contribution in [1.82, 2.24) is 20.4 Å². The molecule has 0 spiro atoms. The molecular weight excluding hydrogens is 392 g/mol. The molecule has 1 aromatic heterocycles. The minimum absolute atomic E-state index is 0.144. The van der Waals surface area contributed by atoms with Gasteiger partial charge in [0, 0.05) is 17.8 Å². The highest BCUT2D eigenvalue weighted by Gasteiger charge is 2.35. The van der Waals surface area contributed by atoms with Gasteiger partial charge in [-0.15, -0.1) is 0 Å². The van der Waals surface area contributed by atoms with Gasteiger partial charge in [0.15, 0.2) is 0 Å². The fourth-order valence-electron chi connectivity index (χ4n) is 3.86. The van der Waals surface area contributed by atoms with E-state index in [9.17, 15) is 4.79 Å². The largest absolute Gasteiger partial charge is 0.497 e. The number of carbonyl (C=O) groups is 1. The van der Waals surface area contributed by atoms with Gasteiger partial charge >= 0.3 is 6.03 Å². The summed E-state index contributed by atoms with van der Waals surface area (Å²) in [6.45, 7) is 6.59. The van der Waals surface area contributed by atoms with Gasteiger partial charge in [-0.25, -0.2) is 4.79 Å². The maximum atomic E-state index is 12.9. The average Bonchev–Trinajstić information content (AvgIpc) is 3.26. The summed E-state index contributed by atoms with van der Waals surface area (Å²) in [6.07, 6.45) is 0.834. The number of aromatic nitrogens is 2. The molecule has 0 fully saturated rings. The number of benzene rings is 2. The Hall–Kier alpha value is -3.61. The van der Waals surface area contributed by atoms with Crippen LogP contribution in [-0.2, 0) is 0 Å². The topological polar surface area (TPSA) is 80.5 Å². The molecule has 2 amide bonds. The van der Waals surface area contributed by atoms with Crippen molar-refractivity contribution in [3.05, 3.63) is 71.2 Å². The molecule has 4 rings (SSSR count). The van der Waals surface area contributed by atoms with Crippen LogP contribution in [0.3, 0.4) is 0 Å². The number of ether oxygens (including phenoxy) is 1. The Kier molecular flexibility index (Phi) is 5.75. The highest BCUT2D eigenvalue weighted by Crippen LogP contribution is 2.38. The van der Waals surface area contributed by atoms with Crippen molar-refractivity contribution in [3.8, 4) is 17.1 Å². The lowest BCUT2D eigenvalue weighted by molar-refractivity contribution is 0.205. The lowest BCUT2D eigenvalue weighted by Crippen LogP contribution is -2.46. The molecule has 1 aliphatic rings. The molecule has 0 saturated carbocycles. The molecule has 0 saturated heterocycles.